The van der Waals surface area contributed by atoms with Crippen LogP contribution in [0.3, 0.4) is 0 Å². The first kappa shape index (κ1) is 14.3. The highest BCUT2D eigenvalue weighted by atomic mass is 16.2. The molecule has 2 saturated heterocycles. The summed E-state index contributed by atoms with van der Waals surface area (Å²) in [6.45, 7) is 6.31. The van der Waals surface area contributed by atoms with Crippen LogP contribution < -0.4 is 5.32 Å². The molecular formula is C14H25N3O2. The number of hydrogen-bond acceptors (Lipinski definition) is 3. The van der Waals surface area contributed by atoms with Crippen molar-refractivity contribution in [3.63, 3.8) is 0 Å². The van der Waals surface area contributed by atoms with Gasteiger partial charge in [0.2, 0.25) is 11.8 Å². The minimum Gasteiger partial charge on any atom is -0.354 e. The van der Waals surface area contributed by atoms with E-state index >= 15 is 0 Å². The minimum atomic E-state index is -0.258. The van der Waals surface area contributed by atoms with Gasteiger partial charge in [-0.15, -0.1) is 0 Å². The van der Waals surface area contributed by atoms with Crippen molar-refractivity contribution < 1.29 is 9.59 Å². The summed E-state index contributed by atoms with van der Waals surface area (Å²) in [5.41, 5.74) is 0. The zero-order valence-electron chi connectivity index (χ0n) is 12.0. The molecule has 2 aliphatic rings. The molecule has 2 atom stereocenters. The van der Waals surface area contributed by atoms with Crippen LogP contribution >= 0.6 is 0 Å². The van der Waals surface area contributed by atoms with Crippen LogP contribution in [0.1, 0.15) is 32.6 Å². The van der Waals surface area contributed by atoms with Gasteiger partial charge >= 0.3 is 0 Å². The molecule has 0 spiro atoms. The number of rotatable bonds is 5. The van der Waals surface area contributed by atoms with E-state index in [1.54, 1.807) is 11.9 Å². The van der Waals surface area contributed by atoms with Crippen LogP contribution in [0.25, 0.3) is 0 Å². The Labute approximate surface area is 115 Å². The number of hydrogen-bond donors (Lipinski definition) is 1. The number of likely N-dealkylation sites (N-methyl/N-ethyl adjacent to an activating group) is 1. The van der Waals surface area contributed by atoms with E-state index in [0.29, 0.717) is 25.3 Å². The van der Waals surface area contributed by atoms with E-state index in [4.69, 9.17) is 0 Å². The Kier molecular flexibility index (Phi) is 4.80. The minimum absolute atomic E-state index is 0.00150. The average molecular weight is 267 g/mol. The maximum atomic E-state index is 12.0. The van der Waals surface area contributed by atoms with Gasteiger partial charge in [0.05, 0.1) is 0 Å². The maximum absolute atomic E-state index is 12.0. The molecule has 0 radical (unpaired) electrons. The van der Waals surface area contributed by atoms with Crippen molar-refractivity contribution in [1.29, 1.82) is 0 Å². The SMILES string of the molecule is C[C@@H](CNC(=O)[C@H]1CCC(=O)N1C)CN1CCCC1. The lowest BCUT2D eigenvalue weighted by Crippen LogP contribution is -2.44. The molecule has 2 aliphatic heterocycles. The Hall–Kier alpha value is -1.10. The third-order valence-electron chi connectivity index (χ3n) is 4.19. The fourth-order valence-electron chi connectivity index (χ4n) is 2.97. The topological polar surface area (TPSA) is 52.7 Å². The van der Waals surface area contributed by atoms with Gasteiger partial charge in [-0.25, -0.2) is 0 Å². The molecule has 0 unspecified atom stereocenters. The number of carbonyl (C=O) groups is 2. The van der Waals surface area contributed by atoms with Crippen LogP contribution in [0.5, 0.6) is 0 Å². The monoisotopic (exact) mass is 267 g/mol. The number of amides is 2. The fraction of sp³-hybridized carbons (Fsp3) is 0.857. The molecule has 1 N–H and O–H groups in total. The first-order chi connectivity index (χ1) is 9.08. The third kappa shape index (κ3) is 3.69. The lowest BCUT2D eigenvalue weighted by molar-refractivity contribution is -0.133. The highest BCUT2D eigenvalue weighted by molar-refractivity contribution is 5.90. The Morgan fingerprint density at radius 3 is 2.68 bits per heavy atom. The first-order valence-corrected chi connectivity index (χ1v) is 7.33. The van der Waals surface area contributed by atoms with Gasteiger partial charge in [0.15, 0.2) is 0 Å². The summed E-state index contributed by atoms with van der Waals surface area (Å²) in [5, 5.41) is 2.99. The summed E-state index contributed by atoms with van der Waals surface area (Å²) in [6.07, 6.45) is 3.75. The fourth-order valence-corrected chi connectivity index (χ4v) is 2.97. The second-order valence-corrected chi connectivity index (χ2v) is 5.92. The molecule has 0 saturated carbocycles. The van der Waals surface area contributed by atoms with Crippen LogP contribution in [-0.2, 0) is 9.59 Å². The van der Waals surface area contributed by atoms with E-state index in [2.05, 4.69) is 17.1 Å². The summed E-state index contributed by atoms with van der Waals surface area (Å²) < 4.78 is 0. The molecule has 0 aromatic heterocycles. The van der Waals surface area contributed by atoms with Gasteiger partial charge < -0.3 is 15.1 Å². The Morgan fingerprint density at radius 1 is 1.42 bits per heavy atom. The molecule has 5 heteroatoms. The van der Waals surface area contributed by atoms with Crippen LogP contribution in [0.15, 0.2) is 0 Å². The highest BCUT2D eigenvalue weighted by Crippen LogP contribution is 2.16. The largest absolute Gasteiger partial charge is 0.354 e. The third-order valence-corrected chi connectivity index (χ3v) is 4.19. The lowest BCUT2D eigenvalue weighted by atomic mass is 10.1. The number of carbonyl (C=O) groups excluding carboxylic acids is 2. The van der Waals surface area contributed by atoms with E-state index in [1.807, 2.05) is 0 Å². The molecule has 0 bridgehead atoms. The molecule has 0 aromatic carbocycles. The molecule has 0 aromatic rings. The second kappa shape index (κ2) is 6.37. The number of likely N-dealkylation sites (tertiary alicyclic amines) is 2. The van der Waals surface area contributed by atoms with Crippen molar-refractivity contribution in [3.05, 3.63) is 0 Å². The van der Waals surface area contributed by atoms with Crippen LogP contribution in [0.4, 0.5) is 0 Å². The van der Waals surface area contributed by atoms with E-state index in [1.165, 1.54) is 25.9 Å². The first-order valence-electron chi connectivity index (χ1n) is 7.33. The van der Waals surface area contributed by atoms with E-state index in [0.717, 1.165) is 6.54 Å². The molecule has 19 heavy (non-hydrogen) atoms. The standard InChI is InChI=1S/C14H25N3O2/c1-11(10-17-7-3-4-8-17)9-15-14(19)12-5-6-13(18)16(12)2/h11-12H,3-10H2,1-2H3,(H,15,19)/t11-,12+/m0/s1. The molecular weight excluding hydrogens is 242 g/mol. The van der Waals surface area contributed by atoms with Crippen LogP contribution in [0, 0.1) is 5.92 Å². The van der Waals surface area contributed by atoms with Gasteiger partial charge in [0.1, 0.15) is 6.04 Å². The predicted molar refractivity (Wildman–Crippen MR) is 73.6 cm³/mol. The molecule has 0 aliphatic carbocycles. The average Bonchev–Trinajstić information content (AvgIpc) is 2.99. The smallest absolute Gasteiger partial charge is 0.242 e. The van der Waals surface area contributed by atoms with E-state index < -0.39 is 0 Å². The Morgan fingerprint density at radius 2 is 2.11 bits per heavy atom. The summed E-state index contributed by atoms with van der Waals surface area (Å²) in [4.78, 5) is 27.5. The Bertz CT molecular complexity index is 340. The quantitative estimate of drug-likeness (QED) is 0.787. The summed E-state index contributed by atoms with van der Waals surface area (Å²) in [5.74, 6) is 0.538. The van der Waals surface area contributed by atoms with Gasteiger partial charge in [0.25, 0.3) is 0 Å². The van der Waals surface area contributed by atoms with Crippen molar-refractivity contribution in [2.24, 2.45) is 5.92 Å². The van der Waals surface area contributed by atoms with Gasteiger partial charge in [-0.3, -0.25) is 9.59 Å². The lowest BCUT2D eigenvalue weighted by Gasteiger charge is -2.23. The van der Waals surface area contributed by atoms with Crippen molar-refractivity contribution in [3.8, 4) is 0 Å². The van der Waals surface area contributed by atoms with Gasteiger partial charge in [-0.1, -0.05) is 6.92 Å². The van der Waals surface area contributed by atoms with E-state index in [9.17, 15) is 9.59 Å². The Balaban J connectivity index is 1.69. The van der Waals surface area contributed by atoms with Gasteiger partial charge in [-0.05, 0) is 38.3 Å². The molecule has 5 nitrogen and oxygen atoms in total. The van der Waals surface area contributed by atoms with Crippen molar-refractivity contribution >= 4 is 11.8 Å². The highest BCUT2D eigenvalue weighted by Gasteiger charge is 2.33. The molecule has 2 rings (SSSR count). The van der Waals surface area contributed by atoms with Gasteiger partial charge in [-0.2, -0.15) is 0 Å². The summed E-state index contributed by atoms with van der Waals surface area (Å²) in [6, 6.07) is -0.258. The zero-order chi connectivity index (χ0) is 13.8. The number of nitrogens with one attached hydrogen (secondary N) is 1. The normalized spacial score (nSPS) is 25.9. The van der Waals surface area contributed by atoms with E-state index in [-0.39, 0.29) is 17.9 Å². The van der Waals surface area contributed by atoms with Crippen LogP contribution in [-0.4, -0.2) is 60.9 Å². The molecule has 2 amide bonds. The van der Waals surface area contributed by atoms with Crippen molar-refractivity contribution in [2.45, 2.75) is 38.6 Å². The summed E-state index contributed by atoms with van der Waals surface area (Å²) >= 11 is 0. The predicted octanol–water partition coefficient (Wildman–Crippen LogP) is 0.455. The summed E-state index contributed by atoms with van der Waals surface area (Å²) in [7, 11) is 1.72. The molecule has 108 valence electrons. The molecule has 2 fully saturated rings. The number of nitrogens with zero attached hydrogens (tertiary/aromatic N) is 2. The molecule has 2 heterocycles. The maximum Gasteiger partial charge on any atom is 0.242 e. The van der Waals surface area contributed by atoms with Crippen LogP contribution in [0.2, 0.25) is 0 Å². The van der Waals surface area contributed by atoms with Crippen molar-refractivity contribution in [1.82, 2.24) is 15.1 Å². The van der Waals surface area contributed by atoms with Gasteiger partial charge in [0, 0.05) is 26.6 Å². The van der Waals surface area contributed by atoms with Crippen molar-refractivity contribution in [2.75, 3.05) is 33.2 Å². The zero-order valence-corrected chi connectivity index (χ0v) is 12.0. The second-order valence-electron chi connectivity index (χ2n) is 5.92.